The van der Waals surface area contributed by atoms with Gasteiger partial charge in [0.25, 0.3) is 0 Å². The van der Waals surface area contributed by atoms with Gasteiger partial charge in [-0.25, -0.2) is 0 Å². The van der Waals surface area contributed by atoms with Crippen LogP contribution in [0, 0.1) is 6.92 Å². The molecule has 2 bridgehead atoms. The molecule has 0 radical (unpaired) electrons. The fraction of sp³-hybridized carbons (Fsp3) is 0.500. The molecule has 5 heteroatoms. The molecule has 0 amide bonds. The number of ether oxygens (including phenoxy) is 2. The van der Waals surface area contributed by atoms with Crippen molar-refractivity contribution >= 4 is 16.8 Å². The summed E-state index contributed by atoms with van der Waals surface area (Å²) in [5, 5.41) is 0. The molecule has 0 N–H and O–H groups in total. The lowest BCUT2D eigenvalue weighted by Crippen LogP contribution is -2.52. The molecule has 0 spiro atoms. The molecule has 1 aromatic carbocycles. The Bertz CT molecular complexity index is 671. The second-order valence-electron chi connectivity index (χ2n) is 7.16. The molecule has 4 atom stereocenters. The van der Waals surface area contributed by atoms with E-state index in [4.69, 9.17) is 9.47 Å². The minimum atomic E-state index is -1.54. The van der Waals surface area contributed by atoms with Crippen LogP contribution in [0.5, 0.6) is 0 Å². The molecule has 2 aliphatic rings. The smallest absolute Gasteiger partial charge is 0.328 e. The van der Waals surface area contributed by atoms with Crippen molar-refractivity contribution in [2.45, 2.75) is 61.6 Å². The van der Waals surface area contributed by atoms with Crippen molar-refractivity contribution in [3.8, 4) is 0 Å². The van der Waals surface area contributed by atoms with Crippen LogP contribution in [-0.2, 0) is 25.1 Å². The predicted molar refractivity (Wildman–Crippen MR) is 88.6 cm³/mol. The van der Waals surface area contributed by atoms with Crippen LogP contribution in [0.3, 0.4) is 0 Å². The van der Waals surface area contributed by atoms with Crippen molar-refractivity contribution in [2.24, 2.45) is 0 Å². The van der Waals surface area contributed by atoms with E-state index in [1.807, 2.05) is 64.1 Å². The lowest BCUT2D eigenvalue weighted by molar-refractivity contribution is -0.158. The maximum atomic E-state index is 13.3. The van der Waals surface area contributed by atoms with Crippen molar-refractivity contribution in [2.75, 3.05) is 0 Å². The zero-order valence-corrected chi connectivity index (χ0v) is 14.7. The standard InChI is InChI=1S/C18H22O4S/c1-12-5-8-14(9-6-12)23(20)18(16(19)22-17(2,3)4)11-13-7-10-15(18)21-13/h5-10,13,15H,11H2,1-4H3/t13-,15+,18-,23?/m0/s1. The van der Waals surface area contributed by atoms with Crippen LogP contribution < -0.4 is 0 Å². The Morgan fingerprint density at radius 1 is 1.26 bits per heavy atom. The van der Waals surface area contributed by atoms with Gasteiger partial charge in [-0.1, -0.05) is 29.8 Å². The Morgan fingerprint density at radius 2 is 1.91 bits per heavy atom. The number of esters is 1. The van der Waals surface area contributed by atoms with Crippen LogP contribution in [-0.4, -0.2) is 32.7 Å². The number of aryl methyl sites for hydroxylation is 1. The van der Waals surface area contributed by atoms with E-state index in [-0.39, 0.29) is 6.10 Å². The summed E-state index contributed by atoms with van der Waals surface area (Å²) in [6, 6.07) is 7.43. The van der Waals surface area contributed by atoms with Crippen molar-refractivity contribution in [1.82, 2.24) is 0 Å². The maximum Gasteiger partial charge on any atom is 0.328 e. The van der Waals surface area contributed by atoms with Crippen LogP contribution in [0.1, 0.15) is 32.8 Å². The van der Waals surface area contributed by atoms with Gasteiger partial charge in [0, 0.05) is 11.3 Å². The van der Waals surface area contributed by atoms with E-state index in [0.717, 1.165) is 5.56 Å². The normalized spacial score (nSPS) is 30.4. The molecule has 2 aliphatic heterocycles. The molecule has 2 heterocycles. The Kier molecular flexibility index (Phi) is 3.97. The van der Waals surface area contributed by atoms with Gasteiger partial charge in [-0.15, -0.1) is 0 Å². The molecule has 1 unspecified atom stereocenters. The number of fused-ring (bicyclic) bond motifs is 2. The first-order valence-corrected chi connectivity index (χ1v) is 8.93. The minimum absolute atomic E-state index is 0.165. The number of hydrogen-bond donors (Lipinski definition) is 0. The van der Waals surface area contributed by atoms with E-state index < -0.39 is 33.2 Å². The summed E-state index contributed by atoms with van der Waals surface area (Å²) in [6.45, 7) is 7.42. The zero-order chi connectivity index (χ0) is 16.8. The molecule has 1 saturated heterocycles. The van der Waals surface area contributed by atoms with Crippen LogP contribution in [0.2, 0.25) is 0 Å². The summed E-state index contributed by atoms with van der Waals surface area (Å²) < 4.78 is 23.5. The van der Waals surface area contributed by atoms with Crippen molar-refractivity contribution in [1.29, 1.82) is 0 Å². The molecular weight excluding hydrogens is 312 g/mol. The summed E-state index contributed by atoms with van der Waals surface area (Å²) in [7, 11) is -1.54. The zero-order valence-electron chi connectivity index (χ0n) is 13.9. The van der Waals surface area contributed by atoms with Crippen molar-refractivity contribution < 1.29 is 18.5 Å². The van der Waals surface area contributed by atoms with Gasteiger partial charge in [-0.05, 0) is 39.8 Å². The average molecular weight is 334 g/mol. The molecular formula is C18H22O4S. The Labute approximate surface area is 139 Å². The van der Waals surface area contributed by atoms with E-state index in [0.29, 0.717) is 11.3 Å². The minimum Gasteiger partial charge on any atom is -0.459 e. The quantitative estimate of drug-likeness (QED) is 0.630. The Hall–Kier alpha value is -1.46. The number of rotatable bonds is 3. The van der Waals surface area contributed by atoms with Crippen LogP contribution in [0.25, 0.3) is 0 Å². The largest absolute Gasteiger partial charge is 0.459 e. The van der Waals surface area contributed by atoms with Crippen LogP contribution in [0.15, 0.2) is 41.3 Å². The SMILES string of the molecule is Cc1ccc(S(=O)[C@@]2(C(=O)OC(C)(C)C)C[C@@H]3C=C[C@H]2O3)cc1. The monoisotopic (exact) mass is 334 g/mol. The van der Waals surface area contributed by atoms with Gasteiger partial charge in [-0.3, -0.25) is 9.00 Å². The highest BCUT2D eigenvalue weighted by molar-refractivity contribution is 7.87. The molecule has 0 aromatic heterocycles. The lowest BCUT2D eigenvalue weighted by atomic mass is 9.93. The highest BCUT2D eigenvalue weighted by atomic mass is 32.2. The van der Waals surface area contributed by atoms with Gasteiger partial charge < -0.3 is 9.47 Å². The topological polar surface area (TPSA) is 52.6 Å². The number of carbonyl (C=O) groups is 1. The third kappa shape index (κ3) is 2.88. The fourth-order valence-corrected chi connectivity index (χ4v) is 4.65. The molecule has 0 aliphatic carbocycles. The van der Waals surface area contributed by atoms with E-state index in [1.165, 1.54) is 0 Å². The van der Waals surface area contributed by atoms with Gasteiger partial charge in [0.2, 0.25) is 0 Å². The fourth-order valence-electron chi connectivity index (χ4n) is 2.99. The number of carbonyl (C=O) groups excluding carboxylic acids is 1. The first-order valence-electron chi connectivity index (χ1n) is 7.78. The summed E-state index contributed by atoms with van der Waals surface area (Å²) in [6.07, 6.45) is 3.50. The molecule has 0 saturated carbocycles. The highest BCUT2D eigenvalue weighted by Crippen LogP contribution is 2.44. The van der Waals surface area contributed by atoms with Crippen LogP contribution >= 0.6 is 0 Å². The third-order valence-corrected chi connectivity index (χ3v) is 6.02. The molecule has 1 fully saturated rings. The second kappa shape index (κ2) is 5.56. The highest BCUT2D eigenvalue weighted by Gasteiger charge is 2.61. The number of benzene rings is 1. The molecule has 124 valence electrons. The van der Waals surface area contributed by atoms with E-state index in [9.17, 15) is 9.00 Å². The lowest BCUT2D eigenvalue weighted by Gasteiger charge is -2.33. The first kappa shape index (κ1) is 16.4. The van der Waals surface area contributed by atoms with Gasteiger partial charge in [0.05, 0.1) is 16.9 Å². The van der Waals surface area contributed by atoms with Crippen LogP contribution in [0.4, 0.5) is 0 Å². The second-order valence-corrected chi connectivity index (χ2v) is 8.89. The molecule has 3 rings (SSSR count). The first-order chi connectivity index (χ1) is 10.7. The van der Waals surface area contributed by atoms with Gasteiger partial charge in [0.1, 0.15) is 11.7 Å². The Balaban J connectivity index is 2.00. The number of hydrogen-bond acceptors (Lipinski definition) is 4. The van der Waals surface area contributed by atoms with Gasteiger partial charge in [-0.2, -0.15) is 0 Å². The average Bonchev–Trinajstić information content (AvgIpc) is 3.06. The van der Waals surface area contributed by atoms with E-state index >= 15 is 0 Å². The van der Waals surface area contributed by atoms with Crippen molar-refractivity contribution in [3.63, 3.8) is 0 Å². The summed E-state index contributed by atoms with van der Waals surface area (Å²) in [5.74, 6) is -0.444. The van der Waals surface area contributed by atoms with Gasteiger partial charge >= 0.3 is 5.97 Å². The third-order valence-electron chi connectivity index (χ3n) is 4.10. The predicted octanol–water partition coefficient (Wildman–Crippen LogP) is 2.91. The van der Waals surface area contributed by atoms with Gasteiger partial charge in [0.15, 0.2) is 4.75 Å². The van der Waals surface area contributed by atoms with E-state index in [1.54, 1.807) is 0 Å². The maximum absolute atomic E-state index is 13.3. The summed E-state index contributed by atoms with van der Waals surface area (Å²) in [4.78, 5) is 13.6. The van der Waals surface area contributed by atoms with E-state index in [2.05, 4.69) is 0 Å². The Morgan fingerprint density at radius 3 is 2.39 bits per heavy atom. The molecule has 1 aromatic rings. The summed E-state index contributed by atoms with van der Waals surface area (Å²) in [5.41, 5.74) is 0.453. The molecule has 4 nitrogen and oxygen atoms in total. The molecule has 23 heavy (non-hydrogen) atoms. The summed E-state index contributed by atoms with van der Waals surface area (Å²) >= 11 is 0. The van der Waals surface area contributed by atoms with Crippen molar-refractivity contribution in [3.05, 3.63) is 42.0 Å².